The number of nitriles is 1. The lowest BCUT2D eigenvalue weighted by atomic mass is 10.2. The Morgan fingerprint density at radius 3 is 3.00 bits per heavy atom. The number of hydrogen-bond acceptors (Lipinski definition) is 4. The molecule has 0 unspecified atom stereocenters. The summed E-state index contributed by atoms with van der Waals surface area (Å²) in [5, 5.41) is 13.0. The van der Waals surface area contributed by atoms with Gasteiger partial charge in [-0.3, -0.25) is 0 Å². The molecule has 0 aliphatic carbocycles. The summed E-state index contributed by atoms with van der Waals surface area (Å²) in [6, 6.07) is 6.43. The Labute approximate surface area is 109 Å². The molecule has 0 aliphatic heterocycles. The maximum atomic E-state index is 13.4. The Bertz CT molecular complexity index is 586. The van der Waals surface area contributed by atoms with Gasteiger partial charge in [0.15, 0.2) is 0 Å². The van der Waals surface area contributed by atoms with Gasteiger partial charge in [-0.15, -0.1) is 11.3 Å². The normalized spacial score (nSPS) is 10.1. The minimum atomic E-state index is -0.499. The minimum Gasteiger partial charge on any atom is -0.379 e. The van der Waals surface area contributed by atoms with Crippen molar-refractivity contribution in [2.24, 2.45) is 0 Å². The van der Waals surface area contributed by atoms with Crippen LogP contribution >= 0.6 is 11.3 Å². The molecule has 1 N–H and O–H groups in total. The van der Waals surface area contributed by atoms with Crippen molar-refractivity contribution in [1.29, 1.82) is 5.26 Å². The molecule has 2 rings (SSSR count). The number of aromatic nitrogens is 1. The van der Waals surface area contributed by atoms with Crippen molar-refractivity contribution in [2.45, 2.75) is 19.9 Å². The highest BCUT2D eigenvalue weighted by Gasteiger charge is 2.07. The summed E-state index contributed by atoms with van der Waals surface area (Å²) in [5.74, 6) is -0.499. The summed E-state index contributed by atoms with van der Waals surface area (Å²) >= 11 is 1.62. The molecule has 92 valence electrons. The van der Waals surface area contributed by atoms with Crippen LogP contribution in [0.1, 0.15) is 22.4 Å². The van der Waals surface area contributed by atoms with E-state index in [1.807, 2.05) is 12.3 Å². The summed E-state index contributed by atoms with van der Waals surface area (Å²) in [7, 11) is 0. The van der Waals surface area contributed by atoms with Crippen LogP contribution in [0.4, 0.5) is 10.1 Å². The van der Waals surface area contributed by atoms with Crippen molar-refractivity contribution in [3.8, 4) is 6.07 Å². The van der Waals surface area contributed by atoms with Gasteiger partial charge in [0.25, 0.3) is 0 Å². The Morgan fingerprint density at radius 1 is 1.50 bits per heavy atom. The van der Waals surface area contributed by atoms with E-state index >= 15 is 0 Å². The first-order valence-electron chi connectivity index (χ1n) is 5.60. The van der Waals surface area contributed by atoms with Crippen LogP contribution in [0.5, 0.6) is 0 Å². The van der Waals surface area contributed by atoms with Crippen LogP contribution in [0, 0.1) is 17.1 Å². The average Bonchev–Trinajstić information content (AvgIpc) is 2.84. The molecule has 0 bridgehead atoms. The molecule has 0 saturated heterocycles. The van der Waals surface area contributed by atoms with Crippen LogP contribution < -0.4 is 5.32 Å². The smallest absolute Gasteiger partial charge is 0.143 e. The van der Waals surface area contributed by atoms with E-state index in [-0.39, 0.29) is 5.56 Å². The average molecular weight is 261 g/mol. The molecule has 0 amide bonds. The first kappa shape index (κ1) is 12.5. The third-order valence-corrected chi connectivity index (χ3v) is 3.62. The third kappa shape index (κ3) is 2.66. The second kappa shape index (κ2) is 5.61. The monoisotopic (exact) mass is 261 g/mol. The van der Waals surface area contributed by atoms with E-state index in [0.29, 0.717) is 12.2 Å². The van der Waals surface area contributed by atoms with Crippen molar-refractivity contribution in [2.75, 3.05) is 5.32 Å². The number of anilines is 1. The van der Waals surface area contributed by atoms with Gasteiger partial charge in [0, 0.05) is 11.1 Å². The van der Waals surface area contributed by atoms with Crippen molar-refractivity contribution >= 4 is 17.0 Å². The van der Waals surface area contributed by atoms with Gasteiger partial charge < -0.3 is 5.32 Å². The standard InChI is InChI=1S/C13H12FN3S/c1-2-13-17-8-9(18-13)7-16-12-5-3-4-11(14)10(12)6-15/h3-5,8,16H,2,7H2,1H3. The Hall–Kier alpha value is -1.93. The highest BCUT2D eigenvalue weighted by atomic mass is 32.1. The largest absolute Gasteiger partial charge is 0.379 e. The minimum absolute atomic E-state index is 0.0535. The molecule has 1 aromatic heterocycles. The quantitative estimate of drug-likeness (QED) is 0.918. The zero-order valence-corrected chi connectivity index (χ0v) is 10.7. The molecule has 1 aromatic carbocycles. The van der Waals surface area contributed by atoms with Crippen molar-refractivity contribution in [3.63, 3.8) is 0 Å². The van der Waals surface area contributed by atoms with Crippen LogP contribution in [-0.2, 0) is 13.0 Å². The van der Waals surface area contributed by atoms with Crippen LogP contribution in [0.25, 0.3) is 0 Å². The number of benzene rings is 1. The number of rotatable bonds is 4. The predicted octanol–water partition coefficient (Wildman–Crippen LogP) is 3.33. The fraction of sp³-hybridized carbons (Fsp3) is 0.231. The van der Waals surface area contributed by atoms with Crippen molar-refractivity contribution in [1.82, 2.24) is 4.98 Å². The van der Waals surface area contributed by atoms with Gasteiger partial charge in [-0.05, 0) is 18.6 Å². The van der Waals surface area contributed by atoms with Gasteiger partial charge >= 0.3 is 0 Å². The molecule has 0 fully saturated rings. The molecule has 0 radical (unpaired) electrons. The first-order valence-corrected chi connectivity index (χ1v) is 6.42. The molecule has 5 heteroatoms. The van der Waals surface area contributed by atoms with E-state index in [9.17, 15) is 4.39 Å². The molecule has 3 nitrogen and oxygen atoms in total. The second-order valence-electron chi connectivity index (χ2n) is 3.70. The Morgan fingerprint density at radius 2 is 2.33 bits per heavy atom. The van der Waals surface area contributed by atoms with E-state index in [1.165, 1.54) is 6.07 Å². The van der Waals surface area contributed by atoms with Crippen molar-refractivity contribution < 1.29 is 4.39 Å². The molecule has 0 atom stereocenters. The Kier molecular flexibility index (Phi) is 3.90. The Balaban J connectivity index is 2.11. The summed E-state index contributed by atoms with van der Waals surface area (Å²) in [5.41, 5.74) is 0.571. The summed E-state index contributed by atoms with van der Waals surface area (Å²) in [6.07, 6.45) is 2.72. The molecule has 1 heterocycles. The lowest BCUT2D eigenvalue weighted by Crippen LogP contribution is -2.01. The van der Waals surface area contributed by atoms with Gasteiger partial charge in [-0.25, -0.2) is 9.37 Å². The van der Waals surface area contributed by atoms with Crippen LogP contribution in [0.3, 0.4) is 0 Å². The maximum absolute atomic E-state index is 13.4. The molecule has 0 saturated carbocycles. The zero-order valence-electron chi connectivity index (χ0n) is 9.90. The molecule has 18 heavy (non-hydrogen) atoms. The topological polar surface area (TPSA) is 48.7 Å². The first-order chi connectivity index (χ1) is 8.74. The number of halogens is 1. The SMILES string of the molecule is CCc1ncc(CNc2cccc(F)c2C#N)s1. The summed E-state index contributed by atoms with van der Waals surface area (Å²) in [6.45, 7) is 2.60. The molecular formula is C13H12FN3S. The predicted molar refractivity (Wildman–Crippen MR) is 69.9 cm³/mol. The third-order valence-electron chi connectivity index (χ3n) is 2.48. The molecule has 0 aliphatic rings. The fourth-order valence-electron chi connectivity index (χ4n) is 1.56. The highest BCUT2D eigenvalue weighted by Crippen LogP contribution is 2.20. The lowest BCUT2D eigenvalue weighted by Gasteiger charge is -2.06. The highest BCUT2D eigenvalue weighted by molar-refractivity contribution is 7.11. The number of nitrogens with zero attached hydrogens (tertiary/aromatic N) is 2. The second-order valence-corrected chi connectivity index (χ2v) is 4.90. The zero-order chi connectivity index (χ0) is 13.0. The summed E-state index contributed by atoms with van der Waals surface area (Å²) in [4.78, 5) is 5.32. The van der Waals surface area contributed by atoms with E-state index in [1.54, 1.807) is 23.5 Å². The summed E-state index contributed by atoms with van der Waals surface area (Å²) < 4.78 is 13.4. The van der Waals surface area contributed by atoms with Gasteiger partial charge in [0.2, 0.25) is 0 Å². The van der Waals surface area contributed by atoms with Gasteiger partial charge in [-0.1, -0.05) is 13.0 Å². The number of thiazole rings is 1. The lowest BCUT2D eigenvalue weighted by molar-refractivity contribution is 0.624. The van der Waals surface area contributed by atoms with Crippen LogP contribution in [0.15, 0.2) is 24.4 Å². The van der Waals surface area contributed by atoms with E-state index in [0.717, 1.165) is 16.3 Å². The number of nitrogens with one attached hydrogen (secondary N) is 1. The number of hydrogen-bond donors (Lipinski definition) is 1. The molecule has 2 aromatic rings. The fourth-order valence-corrected chi connectivity index (χ4v) is 2.36. The molecular weight excluding hydrogens is 249 g/mol. The van der Waals surface area contributed by atoms with Crippen molar-refractivity contribution in [3.05, 3.63) is 45.7 Å². The van der Waals surface area contributed by atoms with E-state index < -0.39 is 5.82 Å². The van der Waals surface area contributed by atoms with E-state index in [2.05, 4.69) is 17.2 Å². The van der Waals surface area contributed by atoms with Crippen LogP contribution in [-0.4, -0.2) is 4.98 Å². The van der Waals surface area contributed by atoms with Gasteiger partial charge in [-0.2, -0.15) is 5.26 Å². The number of aryl methyl sites for hydroxylation is 1. The van der Waals surface area contributed by atoms with E-state index in [4.69, 9.17) is 5.26 Å². The van der Waals surface area contributed by atoms with Gasteiger partial charge in [0.1, 0.15) is 17.4 Å². The van der Waals surface area contributed by atoms with Crippen LogP contribution in [0.2, 0.25) is 0 Å². The maximum Gasteiger partial charge on any atom is 0.143 e. The van der Waals surface area contributed by atoms with Gasteiger partial charge in [0.05, 0.1) is 17.2 Å². The molecule has 0 spiro atoms.